The first-order valence-corrected chi connectivity index (χ1v) is 7.02. The Balaban J connectivity index is 3.09. The van der Waals surface area contributed by atoms with Crippen LogP contribution in [0.3, 0.4) is 0 Å². The van der Waals surface area contributed by atoms with Gasteiger partial charge >= 0.3 is 5.97 Å². The topological polar surface area (TPSA) is 65.0 Å². The van der Waals surface area contributed by atoms with E-state index in [-0.39, 0.29) is 5.92 Å². The molecule has 0 aliphatic rings. The lowest BCUT2D eigenvalue weighted by molar-refractivity contribution is -0.154. The van der Waals surface area contributed by atoms with E-state index in [1.165, 1.54) is 7.11 Å². The van der Waals surface area contributed by atoms with E-state index in [1.807, 2.05) is 13.8 Å². The van der Waals surface area contributed by atoms with E-state index in [0.29, 0.717) is 23.7 Å². The molecule has 1 rings (SSSR count). The van der Waals surface area contributed by atoms with E-state index < -0.39 is 18.0 Å². The predicted octanol–water partition coefficient (Wildman–Crippen LogP) is 2.57. The van der Waals surface area contributed by atoms with E-state index in [4.69, 9.17) is 14.2 Å². The van der Waals surface area contributed by atoms with Gasteiger partial charge in [0.25, 0.3) is 0 Å². The van der Waals surface area contributed by atoms with Crippen molar-refractivity contribution >= 4 is 5.97 Å². The van der Waals surface area contributed by atoms with Crippen molar-refractivity contribution in [2.24, 2.45) is 11.8 Å². The van der Waals surface area contributed by atoms with Gasteiger partial charge in [-0.05, 0) is 30.5 Å². The highest BCUT2D eigenvalue weighted by molar-refractivity contribution is 5.73. The summed E-state index contributed by atoms with van der Waals surface area (Å²) in [5.41, 5.74) is 0.597. The van der Waals surface area contributed by atoms with Gasteiger partial charge in [-0.3, -0.25) is 4.79 Å². The molecule has 0 aliphatic carbocycles. The summed E-state index contributed by atoms with van der Waals surface area (Å²) in [5, 5.41) is 10.5. The van der Waals surface area contributed by atoms with Gasteiger partial charge in [-0.2, -0.15) is 0 Å². The van der Waals surface area contributed by atoms with Gasteiger partial charge in [0.05, 0.1) is 32.8 Å². The van der Waals surface area contributed by atoms with Crippen LogP contribution in [0.15, 0.2) is 18.2 Å². The van der Waals surface area contributed by atoms with Gasteiger partial charge in [-0.15, -0.1) is 0 Å². The molecule has 1 aromatic rings. The maximum atomic E-state index is 12.0. The summed E-state index contributed by atoms with van der Waals surface area (Å²) >= 11 is 0. The summed E-state index contributed by atoms with van der Waals surface area (Å²) in [6, 6.07) is 5.11. The van der Waals surface area contributed by atoms with E-state index in [0.717, 1.165) is 0 Å². The monoisotopic (exact) mass is 296 g/mol. The molecular weight excluding hydrogens is 272 g/mol. The molecule has 1 N–H and O–H groups in total. The van der Waals surface area contributed by atoms with Crippen molar-refractivity contribution in [2.75, 3.05) is 20.8 Å². The van der Waals surface area contributed by atoms with Crippen molar-refractivity contribution in [3.8, 4) is 11.5 Å². The molecule has 118 valence electrons. The second kappa shape index (κ2) is 7.88. The number of carbonyl (C=O) groups excluding carboxylic acids is 1. The number of hydrogen-bond acceptors (Lipinski definition) is 5. The number of benzene rings is 1. The highest BCUT2D eigenvalue weighted by Gasteiger charge is 2.32. The summed E-state index contributed by atoms with van der Waals surface area (Å²) < 4.78 is 15.4. The Morgan fingerprint density at radius 3 is 2.29 bits per heavy atom. The van der Waals surface area contributed by atoms with Crippen molar-refractivity contribution in [3.63, 3.8) is 0 Å². The second-order valence-corrected chi connectivity index (χ2v) is 5.08. The van der Waals surface area contributed by atoms with Crippen molar-refractivity contribution in [1.29, 1.82) is 0 Å². The molecule has 0 heterocycles. The average Bonchev–Trinajstić information content (AvgIpc) is 2.46. The summed E-state index contributed by atoms with van der Waals surface area (Å²) in [5.74, 6) is 0.0241. The van der Waals surface area contributed by atoms with E-state index in [1.54, 1.807) is 32.2 Å². The zero-order chi connectivity index (χ0) is 16.0. The predicted molar refractivity (Wildman–Crippen MR) is 79.5 cm³/mol. The van der Waals surface area contributed by atoms with Crippen LogP contribution in [0.4, 0.5) is 0 Å². The fraction of sp³-hybridized carbons (Fsp3) is 0.562. The Labute approximate surface area is 125 Å². The number of ether oxygens (including phenoxy) is 3. The van der Waals surface area contributed by atoms with Gasteiger partial charge in [0.15, 0.2) is 11.5 Å². The number of aliphatic hydroxyl groups excluding tert-OH is 1. The first-order valence-electron chi connectivity index (χ1n) is 7.02. The molecule has 0 amide bonds. The van der Waals surface area contributed by atoms with Gasteiger partial charge < -0.3 is 19.3 Å². The highest BCUT2D eigenvalue weighted by Crippen LogP contribution is 2.35. The Kier molecular flexibility index (Phi) is 6.49. The highest BCUT2D eigenvalue weighted by atomic mass is 16.5. The van der Waals surface area contributed by atoms with E-state index in [2.05, 4.69) is 0 Å². The largest absolute Gasteiger partial charge is 0.493 e. The third-order valence-corrected chi connectivity index (χ3v) is 3.37. The quantitative estimate of drug-likeness (QED) is 0.783. The van der Waals surface area contributed by atoms with Gasteiger partial charge in [-0.1, -0.05) is 19.9 Å². The third kappa shape index (κ3) is 4.11. The first kappa shape index (κ1) is 17.3. The van der Waals surface area contributed by atoms with Crippen LogP contribution in [0.2, 0.25) is 0 Å². The summed E-state index contributed by atoms with van der Waals surface area (Å²) in [7, 11) is 3.07. The molecule has 0 saturated carbocycles. The van der Waals surface area contributed by atoms with Crippen LogP contribution in [-0.2, 0) is 9.53 Å². The Morgan fingerprint density at radius 1 is 1.19 bits per heavy atom. The zero-order valence-electron chi connectivity index (χ0n) is 13.3. The molecule has 0 spiro atoms. The molecular formula is C16H24O5. The van der Waals surface area contributed by atoms with Crippen LogP contribution < -0.4 is 9.47 Å². The molecule has 5 nitrogen and oxygen atoms in total. The molecule has 2 atom stereocenters. The normalized spacial score (nSPS) is 13.7. The Bertz CT molecular complexity index is 470. The molecule has 2 unspecified atom stereocenters. The van der Waals surface area contributed by atoms with Crippen LogP contribution in [-0.4, -0.2) is 31.9 Å². The smallest absolute Gasteiger partial charge is 0.312 e. The van der Waals surface area contributed by atoms with Gasteiger partial charge in [0, 0.05) is 0 Å². The fourth-order valence-corrected chi connectivity index (χ4v) is 2.25. The molecule has 0 fully saturated rings. The number of esters is 1. The van der Waals surface area contributed by atoms with Crippen LogP contribution in [0, 0.1) is 11.8 Å². The molecule has 21 heavy (non-hydrogen) atoms. The molecule has 5 heteroatoms. The third-order valence-electron chi connectivity index (χ3n) is 3.37. The number of methoxy groups -OCH3 is 2. The molecule has 0 radical (unpaired) electrons. The minimum atomic E-state index is -0.955. The second-order valence-electron chi connectivity index (χ2n) is 5.08. The van der Waals surface area contributed by atoms with Gasteiger partial charge in [-0.25, -0.2) is 0 Å². The van der Waals surface area contributed by atoms with E-state index >= 15 is 0 Å². The number of aliphatic hydroxyl groups is 1. The summed E-state index contributed by atoms with van der Waals surface area (Å²) in [6.45, 7) is 5.80. The minimum absolute atomic E-state index is 0.0489. The minimum Gasteiger partial charge on any atom is -0.493 e. The number of hydrogen-bond donors (Lipinski definition) is 1. The first-order chi connectivity index (χ1) is 9.96. The van der Waals surface area contributed by atoms with E-state index in [9.17, 15) is 9.90 Å². The molecule has 0 aromatic heterocycles. The Morgan fingerprint density at radius 2 is 1.81 bits per heavy atom. The average molecular weight is 296 g/mol. The van der Waals surface area contributed by atoms with Gasteiger partial charge in [0.1, 0.15) is 0 Å². The number of rotatable bonds is 7. The molecule has 0 bridgehead atoms. The van der Waals surface area contributed by atoms with Crippen LogP contribution >= 0.6 is 0 Å². The van der Waals surface area contributed by atoms with Crippen molar-refractivity contribution in [3.05, 3.63) is 23.8 Å². The molecule has 1 aromatic carbocycles. The summed E-state index contributed by atoms with van der Waals surface area (Å²) in [6.07, 6.45) is -0.955. The fourth-order valence-electron chi connectivity index (χ4n) is 2.25. The lowest BCUT2D eigenvalue weighted by Crippen LogP contribution is -2.29. The SMILES string of the molecule is CCOC(=O)C(C(C)C)C(O)c1ccc(OC)c(OC)c1. The standard InChI is InChI=1S/C16H24O5/c1-6-21-16(18)14(10(2)3)15(17)11-7-8-12(19-4)13(9-11)20-5/h7-10,14-15,17H,6H2,1-5H3. The lowest BCUT2D eigenvalue weighted by atomic mass is 9.86. The summed E-state index contributed by atoms with van der Waals surface area (Å²) in [4.78, 5) is 12.0. The van der Waals surface area contributed by atoms with Crippen LogP contribution in [0.5, 0.6) is 11.5 Å². The molecule has 0 aliphatic heterocycles. The molecule has 0 saturated heterocycles. The maximum Gasteiger partial charge on any atom is 0.312 e. The Hall–Kier alpha value is -1.75. The number of carbonyl (C=O) groups is 1. The van der Waals surface area contributed by atoms with Gasteiger partial charge in [0.2, 0.25) is 0 Å². The maximum absolute atomic E-state index is 12.0. The zero-order valence-corrected chi connectivity index (χ0v) is 13.3. The van der Waals surface area contributed by atoms with Crippen molar-refractivity contribution in [2.45, 2.75) is 26.9 Å². The van der Waals surface area contributed by atoms with Crippen LogP contribution in [0.25, 0.3) is 0 Å². The van der Waals surface area contributed by atoms with Crippen molar-refractivity contribution in [1.82, 2.24) is 0 Å². The van der Waals surface area contributed by atoms with Crippen molar-refractivity contribution < 1.29 is 24.1 Å². The lowest BCUT2D eigenvalue weighted by Gasteiger charge is -2.25. The van der Waals surface area contributed by atoms with Crippen LogP contribution in [0.1, 0.15) is 32.4 Å².